The van der Waals surface area contributed by atoms with E-state index in [1.807, 2.05) is 18.3 Å². The van der Waals surface area contributed by atoms with Gasteiger partial charge in [0.05, 0.1) is 18.5 Å². The zero-order chi connectivity index (χ0) is 20.5. The van der Waals surface area contributed by atoms with Crippen molar-refractivity contribution in [2.24, 2.45) is 0 Å². The number of anilines is 1. The summed E-state index contributed by atoms with van der Waals surface area (Å²) < 4.78 is 25.8. The lowest BCUT2D eigenvalue weighted by atomic mass is 9.91. The van der Waals surface area contributed by atoms with E-state index in [4.69, 9.17) is 9.26 Å². The van der Waals surface area contributed by atoms with E-state index in [-0.39, 0.29) is 11.7 Å². The molecule has 1 saturated heterocycles. The summed E-state index contributed by atoms with van der Waals surface area (Å²) in [6.07, 6.45) is 5.41. The van der Waals surface area contributed by atoms with Crippen molar-refractivity contribution in [3.05, 3.63) is 59.8 Å². The Labute approximate surface area is 172 Å². The maximum atomic E-state index is 13.6. The molecular formula is C21H21FN6O2. The molecule has 0 bridgehead atoms. The molecule has 1 aliphatic rings. The van der Waals surface area contributed by atoms with Crippen LogP contribution >= 0.6 is 0 Å². The average Bonchev–Trinajstić information content (AvgIpc) is 3.41. The van der Waals surface area contributed by atoms with Crippen LogP contribution in [0.4, 0.5) is 10.2 Å². The Morgan fingerprint density at radius 3 is 2.70 bits per heavy atom. The number of nitrogens with zero attached hydrogens (tertiary/aromatic N) is 6. The van der Waals surface area contributed by atoms with E-state index in [9.17, 15) is 4.39 Å². The van der Waals surface area contributed by atoms with E-state index < -0.39 is 0 Å². The molecule has 1 aromatic carbocycles. The number of aromatic nitrogens is 5. The fourth-order valence-corrected chi connectivity index (χ4v) is 3.94. The van der Waals surface area contributed by atoms with Gasteiger partial charge < -0.3 is 14.2 Å². The fourth-order valence-electron chi connectivity index (χ4n) is 3.94. The Morgan fingerprint density at radius 2 is 1.93 bits per heavy atom. The summed E-state index contributed by atoms with van der Waals surface area (Å²) >= 11 is 0. The first kappa shape index (κ1) is 18.7. The molecule has 0 radical (unpaired) electrons. The van der Waals surface area contributed by atoms with Gasteiger partial charge in [0.1, 0.15) is 5.82 Å². The first-order valence-electron chi connectivity index (χ1n) is 9.87. The van der Waals surface area contributed by atoms with Crippen molar-refractivity contribution in [2.75, 3.05) is 25.1 Å². The average molecular weight is 408 g/mol. The highest BCUT2D eigenvalue weighted by Crippen LogP contribution is 2.33. The van der Waals surface area contributed by atoms with Crippen molar-refractivity contribution in [3.8, 4) is 5.82 Å². The maximum Gasteiger partial charge on any atom is 0.175 e. The number of halogens is 1. The molecule has 0 amide bonds. The van der Waals surface area contributed by atoms with E-state index in [0.717, 1.165) is 48.4 Å². The lowest BCUT2D eigenvalue weighted by Gasteiger charge is -2.31. The van der Waals surface area contributed by atoms with Crippen LogP contribution in [0.3, 0.4) is 0 Å². The Kier molecular flexibility index (Phi) is 4.88. The first-order chi connectivity index (χ1) is 14.7. The second-order valence-corrected chi connectivity index (χ2v) is 7.45. The fraction of sp³-hybridized carbons (Fsp3) is 0.333. The van der Waals surface area contributed by atoms with E-state index in [1.165, 1.54) is 12.1 Å². The number of rotatable bonds is 5. The number of hydrogen-bond acceptors (Lipinski definition) is 7. The van der Waals surface area contributed by atoms with Gasteiger partial charge in [0.2, 0.25) is 0 Å². The van der Waals surface area contributed by atoms with Crippen LogP contribution in [0.1, 0.15) is 30.0 Å². The monoisotopic (exact) mass is 408 g/mol. The molecule has 0 saturated carbocycles. The van der Waals surface area contributed by atoms with Crippen LogP contribution < -0.4 is 4.90 Å². The number of hydrogen-bond donors (Lipinski definition) is 0. The van der Waals surface area contributed by atoms with Crippen molar-refractivity contribution in [3.63, 3.8) is 0 Å². The molecule has 1 fully saturated rings. The minimum absolute atomic E-state index is 0.236. The second-order valence-electron chi connectivity index (χ2n) is 7.45. The first-order valence-corrected chi connectivity index (χ1v) is 9.87. The number of fused-ring (bicyclic) bond motifs is 1. The zero-order valence-corrected chi connectivity index (χ0v) is 16.5. The summed E-state index contributed by atoms with van der Waals surface area (Å²) in [6.45, 7) is 2.15. The zero-order valence-electron chi connectivity index (χ0n) is 16.5. The molecule has 1 aliphatic heterocycles. The Bertz CT molecular complexity index is 1150. The maximum absolute atomic E-state index is 13.6. The van der Waals surface area contributed by atoms with Crippen LogP contribution in [0, 0.1) is 5.82 Å². The van der Waals surface area contributed by atoms with Crippen molar-refractivity contribution in [2.45, 2.75) is 25.4 Å². The van der Waals surface area contributed by atoms with Gasteiger partial charge in [0, 0.05) is 43.3 Å². The SMILES string of the molecule is COCc1cnn(-c2ccc(N3CCC(c4noc5ccc(F)cc45)CC3)nn2)c1. The van der Waals surface area contributed by atoms with Gasteiger partial charge in [0.15, 0.2) is 17.2 Å². The lowest BCUT2D eigenvalue weighted by molar-refractivity contribution is 0.185. The number of methoxy groups -OCH3 is 1. The van der Waals surface area contributed by atoms with E-state index in [0.29, 0.717) is 18.0 Å². The lowest BCUT2D eigenvalue weighted by Crippen LogP contribution is -2.33. The second kappa shape index (κ2) is 7.83. The van der Waals surface area contributed by atoms with Crippen LogP contribution in [0.2, 0.25) is 0 Å². The van der Waals surface area contributed by atoms with Gasteiger partial charge in [0.25, 0.3) is 0 Å². The summed E-state index contributed by atoms with van der Waals surface area (Å²) in [5, 5.41) is 18.0. The van der Waals surface area contributed by atoms with Crippen molar-refractivity contribution >= 4 is 16.8 Å². The highest BCUT2D eigenvalue weighted by Gasteiger charge is 2.26. The number of benzene rings is 1. The molecular weight excluding hydrogens is 387 g/mol. The summed E-state index contributed by atoms with van der Waals surface area (Å²) in [6, 6.07) is 8.40. The predicted molar refractivity (Wildman–Crippen MR) is 108 cm³/mol. The van der Waals surface area contributed by atoms with E-state index in [1.54, 1.807) is 24.1 Å². The van der Waals surface area contributed by atoms with E-state index >= 15 is 0 Å². The van der Waals surface area contributed by atoms with Gasteiger partial charge in [-0.15, -0.1) is 10.2 Å². The van der Waals surface area contributed by atoms with Gasteiger partial charge in [-0.05, 0) is 43.2 Å². The van der Waals surface area contributed by atoms with Crippen molar-refractivity contribution in [1.29, 1.82) is 0 Å². The van der Waals surface area contributed by atoms with Gasteiger partial charge >= 0.3 is 0 Å². The third-order valence-electron chi connectivity index (χ3n) is 5.48. The summed E-state index contributed by atoms with van der Waals surface area (Å²) in [5.74, 6) is 1.45. The summed E-state index contributed by atoms with van der Waals surface area (Å²) in [4.78, 5) is 2.20. The van der Waals surface area contributed by atoms with Crippen LogP contribution in [0.15, 0.2) is 47.2 Å². The summed E-state index contributed by atoms with van der Waals surface area (Å²) in [7, 11) is 1.65. The van der Waals surface area contributed by atoms with Crippen molar-refractivity contribution in [1.82, 2.24) is 25.1 Å². The van der Waals surface area contributed by atoms with Crippen LogP contribution in [0.25, 0.3) is 16.8 Å². The van der Waals surface area contributed by atoms with Crippen LogP contribution in [-0.2, 0) is 11.3 Å². The molecule has 0 atom stereocenters. The highest BCUT2D eigenvalue weighted by molar-refractivity contribution is 5.80. The Balaban J connectivity index is 1.26. The van der Waals surface area contributed by atoms with Crippen LogP contribution in [0.5, 0.6) is 0 Å². The third kappa shape index (κ3) is 3.52. The normalized spacial score (nSPS) is 15.2. The Hall–Kier alpha value is -3.33. The van der Waals surface area contributed by atoms with Crippen molar-refractivity contribution < 1.29 is 13.7 Å². The minimum atomic E-state index is -0.272. The molecule has 0 aliphatic carbocycles. The molecule has 3 aromatic heterocycles. The molecule has 9 heteroatoms. The molecule has 0 unspecified atom stereocenters. The molecule has 8 nitrogen and oxygen atoms in total. The highest BCUT2D eigenvalue weighted by atomic mass is 19.1. The number of ether oxygens (including phenoxy) is 1. The largest absolute Gasteiger partial charge is 0.380 e. The quantitative estimate of drug-likeness (QED) is 0.500. The molecule has 154 valence electrons. The van der Waals surface area contributed by atoms with E-state index in [2.05, 4.69) is 25.4 Å². The van der Waals surface area contributed by atoms with Crippen LogP contribution in [-0.4, -0.2) is 45.3 Å². The van der Waals surface area contributed by atoms with Gasteiger partial charge in [-0.3, -0.25) is 0 Å². The summed E-state index contributed by atoms with van der Waals surface area (Å²) in [5.41, 5.74) is 2.45. The molecule has 0 spiro atoms. The van der Waals surface area contributed by atoms with Gasteiger partial charge in [-0.2, -0.15) is 5.10 Å². The molecule has 30 heavy (non-hydrogen) atoms. The molecule has 4 aromatic rings. The smallest absolute Gasteiger partial charge is 0.175 e. The molecule has 4 heterocycles. The van der Waals surface area contributed by atoms with Gasteiger partial charge in [-0.1, -0.05) is 5.16 Å². The predicted octanol–water partition coefficient (Wildman–Crippen LogP) is 3.47. The standard InChI is InChI=1S/C21H21FN6O2/c1-29-13-14-11-23-28(12-14)20-5-4-19(24-25-20)27-8-6-15(7-9-27)21-17-10-16(22)2-3-18(17)30-26-21/h2-5,10-12,15H,6-9,13H2,1H3. The molecule has 0 N–H and O–H groups in total. The third-order valence-corrected chi connectivity index (χ3v) is 5.48. The minimum Gasteiger partial charge on any atom is -0.380 e. The molecule has 5 rings (SSSR count). The topological polar surface area (TPSA) is 82.1 Å². The number of piperidine rings is 1. The van der Waals surface area contributed by atoms with Gasteiger partial charge in [-0.25, -0.2) is 9.07 Å². The Morgan fingerprint density at radius 1 is 1.13 bits per heavy atom.